The summed E-state index contributed by atoms with van der Waals surface area (Å²) in [6, 6.07) is 3.78. The number of nitrogens with zero attached hydrogens (tertiary/aromatic N) is 1. The molecule has 1 saturated carbocycles. The van der Waals surface area contributed by atoms with Gasteiger partial charge in [-0.15, -0.1) is 0 Å². The van der Waals surface area contributed by atoms with Crippen molar-refractivity contribution in [2.75, 3.05) is 13.7 Å². The summed E-state index contributed by atoms with van der Waals surface area (Å²) in [6.45, 7) is 1.66. The SMILES string of the molecule is COc1ccc(F)cc1C(=O)N(CC(C)C(=O)O)C1CC1. The van der Waals surface area contributed by atoms with E-state index in [0.29, 0.717) is 0 Å². The highest BCUT2D eigenvalue weighted by Crippen LogP contribution is 2.31. The summed E-state index contributed by atoms with van der Waals surface area (Å²) in [5, 5.41) is 9.01. The quantitative estimate of drug-likeness (QED) is 0.873. The summed E-state index contributed by atoms with van der Waals surface area (Å²) in [4.78, 5) is 25.1. The van der Waals surface area contributed by atoms with Crippen LogP contribution in [0.25, 0.3) is 0 Å². The van der Waals surface area contributed by atoms with Crippen molar-refractivity contribution in [2.24, 2.45) is 5.92 Å². The van der Waals surface area contributed by atoms with E-state index in [1.54, 1.807) is 6.92 Å². The zero-order valence-electron chi connectivity index (χ0n) is 12.0. The number of hydrogen-bond acceptors (Lipinski definition) is 3. The fraction of sp³-hybridized carbons (Fsp3) is 0.467. The van der Waals surface area contributed by atoms with Crippen molar-refractivity contribution < 1.29 is 23.8 Å². The Morgan fingerprint density at radius 1 is 1.48 bits per heavy atom. The van der Waals surface area contributed by atoms with Crippen LogP contribution in [-0.2, 0) is 4.79 Å². The van der Waals surface area contributed by atoms with Gasteiger partial charge in [0, 0.05) is 12.6 Å². The first-order chi connectivity index (χ1) is 9.93. The number of carboxylic acid groups (broad SMARTS) is 1. The maximum absolute atomic E-state index is 13.4. The van der Waals surface area contributed by atoms with Crippen LogP contribution in [0.5, 0.6) is 5.75 Å². The monoisotopic (exact) mass is 295 g/mol. The molecule has 1 aliphatic carbocycles. The molecule has 0 aromatic heterocycles. The van der Waals surface area contributed by atoms with Crippen molar-refractivity contribution in [3.63, 3.8) is 0 Å². The smallest absolute Gasteiger partial charge is 0.308 e. The van der Waals surface area contributed by atoms with Crippen LogP contribution in [0.2, 0.25) is 0 Å². The molecule has 1 N–H and O–H groups in total. The molecule has 5 nitrogen and oxygen atoms in total. The number of halogens is 1. The third kappa shape index (κ3) is 3.51. The van der Waals surface area contributed by atoms with E-state index >= 15 is 0 Å². The Labute approximate surface area is 122 Å². The first kappa shape index (κ1) is 15.3. The van der Waals surface area contributed by atoms with Gasteiger partial charge in [-0.05, 0) is 31.0 Å². The molecular weight excluding hydrogens is 277 g/mol. The Balaban J connectivity index is 2.26. The van der Waals surface area contributed by atoms with Crippen molar-refractivity contribution in [1.82, 2.24) is 4.90 Å². The van der Waals surface area contributed by atoms with E-state index in [-0.39, 0.29) is 29.8 Å². The summed E-state index contributed by atoms with van der Waals surface area (Å²) >= 11 is 0. The van der Waals surface area contributed by atoms with Gasteiger partial charge in [0.1, 0.15) is 11.6 Å². The largest absolute Gasteiger partial charge is 0.496 e. The zero-order chi connectivity index (χ0) is 15.6. The van der Waals surface area contributed by atoms with Crippen molar-refractivity contribution in [2.45, 2.75) is 25.8 Å². The molecule has 1 aliphatic rings. The number of hydrogen-bond donors (Lipinski definition) is 1. The number of aliphatic carboxylic acids is 1. The lowest BCUT2D eigenvalue weighted by Gasteiger charge is -2.25. The highest BCUT2D eigenvalue weighted by Gasteiger charge is 2.35. The van der Waals surface area contributed by atoms with Gasteiger partial charge in [-0.25, -0.2) is 4.39 Å². The van der Waals surface area contributed by atoms with Crippen molar-refractivity contribution in [3.8, 4) is 5.75 Å². The molecule has 0 bridgehead atoms. The molecular formula is C15H18FNO4. The highest BCUT2D eigenvalue weighted by molar-refractivity contribution is 5.97. The lowest BCUT2D eigenvalue weighted by Crippen LogP contribution is -2.38. The summed E-state index contributed by atoms with van der Waals surface area (Å²) in [5.74, 6) is -2.26. The lowest BCUT2D eigenvalue weighted by atomic mass is 10.1. The standard InChI is InChI=1S/C15H18FNO4/c1-9(15(19)20)8-17(11-4-5-11)14(18)12-7-10(16)3-6-13(12)21-2/h3,6-7,9,11H,4-5,8H2,1-2H3,(H,19,20). The molecule has 2 rings (SSSR count). The number of benzene rings is 1. The maximum Gasteiger partial charge on any atom is 0.308 e. The van der Waals surface area contributed by atoms with Crippen LogP contribution in [0.3, 0.4) is 0 Å². The lowest BCUT2D eigenvalue weighted by molar-refractivity contribution is -0.141. The van der Waals surface area contributed by atoms with Crippen LogP contribution in [0.1, 0.15) is 30.1 Å². The third-order valence-corrected chi connectivity index (χ3v) is 3.53. The fourth-order valence-electron chi connectivity index (χ4n) is 2.16. The second-order valence-electron chi connectivity index (χ2n) is 5.27. The Morgan fingerprint density at radius 3 is 2.67 bits per heavy atom. The number of ether oxygens (including phenoxy) is 1. The highest BCUT2D eigenvalue weighted by atomic mass is 19.1. The molecule has 1 aromatic carbocycles. The fourth-order valence-corrected chi connectivity index (χ4v) is 2.16. The minimum Gasteiger partial charge on any atom is -0.496 e. The number of rotatable bonds is 6. The van der Waals surface area contributed by atoms with Crippen molar-refractivity contribution >= 4 is 11.9 Å². The van der Waals surface area contributed by atoms with Crippen molar-refractivity contribution in [3.05, 3.63) is 29.6 Å². The van der Waals surface area contributed by atoms with E-state index < -0.39 is 17.7 Å². The van der Waals surface area contributed by atoms with Crippen LogP contribution in [0, 0.1) is 11.7 Å². The van der Waals surface area contributed by atoms with Gasteiger partial charge in [0.25, 0.3) is 5.91 Å². The predicted molar refractivity (Wildman–Crippen MR) is 73.8 cm³/mol. The van der Waals surface area contributed by atoms with Crippen LogP contribution >= 0.6 is 0 Å². The van der Waals surface area contributed by atoms with E-state index in [0.717, 1.165) is 18.9 Å². The van der Waals surface area contributed by atoms with Gasteiger partial charge in [0.15, 0.2) is 0 Å². The molecule has 1 aromatic rings. The van der Waals surface area contributed by atoms with Crippen LogP contribution in [-0.4, -0.2) is 41.6 Å². The molecule has 0 radical (unpaired) electrons. The minimum absolute atomic E-state index is 0.0345. The first-order valence-electron chi connectivity index (χ1n) is 6.81. The molecule has 1 fully saturated rings. The molecule has 0 heterocycles. The van der Waals surface area contributed by atoms with Gasteiger partial charge < -0.3 is 14.7 Å². The van der Waals surface area contributed by atoms with Gasteiger partial charge >= 0.3 is 5.97 Å². The van der Waals surface area contributed by atoms with E-state index in [9.17, 15) is 14.0 Å². The molecule has 21 heavy (non-hydrogen) atoms. The molecule has 114 valence electrons. The van der Waals surface area contributed by atoms with Crippen LogP contribution < -0.4 is 4.74 Å². The van der Waals surface area contributed by atoms with Crippen LogP contribution in [0.15, 0.2) is 18.2 Å². The summed E-state index contributed by atoms with van der Waals surface area (Å²) in [5.41, 5.74) is 0.127. The summed E-state index contributed by atoms with van der Waals surface area (Å²) in [6.07, 6.45) is 1.69. The van der Waals surface area contributed by atoms with Gasteiger partial charge in [-0.3, -0.25) is 9.59 Å². The number of carbonyl (C=O) groups is 2. The average Bonchev–Trinajstić information content (AvgIpc) is 3.28. The van der Waals surface area contributed by atoms with Gasteiger partial charge in [-0.2, -0.15) is 0 Å². The number of carboxylic acids is 1. The summed E-state index contributed by atoms with van der Waals surface area (Å²) in [7, 11) is 1.41. The minimum atomic E-state index is -0.959. The average molecular weight is 295 g/mol. The molecule has 1 atom stereocenters. The Kier molecular flexibility index (Phi) is 4.45. The topological polar surface area (TPSA) is 66.8 Å². The summed E-state index contributed by atoms with van der Waals surface area (Å²) < 4.78 is 18.5. The first-order valence-corrected chi connectivity index (χ1v) is 6.81. The molecule has 0 spiro atoms. The number of carbonyl (C=O) groups excluding carboxylic acids is 1. The molecule has 6 heteroatoms. The van der Waals surface area contributed by atoms with Gasteiger partial charge in [0.2, 0.25) is 0 Å². The Morgan fingerprint density at radius 2 is 2.14 bits per heavy atom. The molecule has 1 unspecified atom stereocenters. The third-order valence-electron chi connectivity index (χ3n) is 3.53. The van der Waals surface area contributed by atoms with E-state index in [1.807, 2.05) is 0 Å². The van der Waals surface area contributed by atoms with Gasteiger partial charge in [0.05, 0.1) is 18.6 Å². The van der Waals surface area contributed by atoms with E-state index in [4.69, 9.17) is 9.84 Å². The zero-order valence-corrected chi connectivity index (χ0v) is 12.0. The molecule has 0 aliphatic heterocycles. The Bertz CT molecular complexity index is 557. The van der Waals surface area contributed by atoms with E-state index in [2.05, 4.69) is 0 Å². The molecule has 1 amide bonds. The van der Waals surface area contributed by atoms with E-state index in [1.165, 1.54) is 24.1 Å². The second-order valence-corrected chi connectivity index (χ2v) is 5.27. The second kappa shape index (κ2) is 6.11. The Hall–Kier alpha value is -2.11. The maximum atomic E-state index is 13.4. The number of amides is 1. The van der Waals surface area contributed by atoms with Crippen LogP contribution in [0.4, 0.5) is 4.39 Å². The molecule has 0 saturated heterocycles. The normalized spacial score (nSPS) is 15.4. The number of methoxy groups -OCH3 is 1. The van der Waals surface area contributed by atoms with Crippen molar-refractivity contribution in [1.29, 1.82) is 0 Å². The van der Waals surface area contributed by atoms with Gasteiger partial charge in [-0.1, -0.05) is 6.92 Å². The predicted octanol–water partition coefficient (Wildman–Crippen LogP) is 2.16.